The molecule has 0 saturated carbocycles. The Hall–Kier alpha value is -2.26. The molecule has 0 aliphatic heterocycles. The number of hydrogen-bond donors (Lipinski definition) is 1. The fourth-order valence-electron chi connectivity index (χ4n) is 2.19. The lowest BCUT2D eigenvalue weighted by Crippen LogP contribution is -2.25. The molecule has 26 heavy (non-hydrogen) atoms. The lowest BCUT2D eigenvalue weighted by Gasteiger charge is -2.07. The number of sulfonamides is 1. The molecule has 0 bridgehead atoms. The number of rotatable bonds is 8. The van der Waals surface area contributed by atoms with Crippen molar-refractivity contribution in [1.29, 1.82) is 0 Å². The Bertz CT molecular complexity index is 897. The minimum absolute atomic E-state index is 0.0353. The standard InChI is InChI=1S/C20H20ClNO3S/c1-2-7-18-8-3-4-9-20(18)25-15-6-5-14-22-26(23,24)16-17-10-12-19(21)13-11-17/h2-4,8-13,22H,1,7,14-16H2. The summed E-state index contributed by atoms with van der Waals surface area (Å²) >= 11 is 5.79. The number of nitrogens with one attached hydrogen (secondary N) is 1. The smallest absolute Gasteiger partial charge is 0.216 e. The lowest BCUT2D eigenvalue weighted by atomic mass is 10.1. The van der Waals surface area contributed by atoms with Gasteiger partial charge < -0.3 is 4.74 Å². The first kappa shape index (κ1) is 20.1. The molecule has 0 aliphatic carbocycles. The van der Waals surface area contributed by atoms with Crippen molar-refractivity contribution >= 4 is 21.6 Å². The van der Waals surface area contributed by atoms with E-state index < -0.39 is 10.0 Å². The van der Waals surface area contributed by atoms with Crippen molar-refractivity contribution in [2.45, 2.75) is 12.2 Å². The molecular formula is C20H20ClNO3S. The van der Waals surface area contributed by atoms with Gasteiger partial charge in [0.1, 0.15) is 12.4 Å². The highest BCUT2D eigenvalue weighted by Crippen LogP contribution is 2.18. The number of halogens is 1. The number of allylic oxidation sites excluding steroid dienone is 1. The van der Waals surface area contributed by atoms with E-state index in [0.717, 1.165) is 11.3 Å². The maximum Gasteiger partial charge on any atom is 0.216 e. The van der Waals surface area contributed by atoms with Gasteiger partial charge in [0, 0.05) is 5.02 Å². The highest BCUT2D eigenvalue weighted by Gasteiger charge is 2.09. The van der Waals surface area contributed by atoms with Gasteiger partial charge in [-0.1, -0.05) is 59.8 Å². The molecule has 0 heterocycles. The number of para-hydroxylation sites is 1. The van der Waals surface area contributed by atoms with Gasteiger partial charge in [-0.05, 0) is 35.7 Å². The topological polar surface area (TPSA) is 55.4 Å². The molecule has 2 aromatic rings. The molecule has 0 amide bonds. The van der Waals surface area contributed by atoms with Gasteiger partial charge in [-0.3, -0.25) is 0 Å². The fraction of sp³-hybridized carbons (Fsp3) is 0.200. The SMILES string of the molecule is C=CCc1ccccc1OCC#CCNS(=O)(=O)Cc1ccc(Cl)cc1. The number of benzene rings is 2. The molecule has 4 nitrogen and oxygen atoms in total. The zero-order chi connectivity index (χ0) is 18.8. The Balaban J connectivity index is 1.79. The second-order valence-corrected chi connectivity index (χ2v) is 7.69. The zero-order valence-electron chi connectivity index (χ0n) is 14.2. The van der Waals surface area contributed by atoms with Crippen LogP contribution >= 0.6 is 11.6 Å². The molecule has 0 aromatic heterocycles. The van der Waals surface area contributed by atoms with Crippen molar-refractivity contribution in [1.82, 2.24) is 4.72 Å². The Morgan fingerprint density at radius 1 is 1.12 bits per heavy atom. The average Bonchev–Trinajstić information content (AvgIpc) is 2.61. The molecule has 136 valence electrons. The molecule has 0 fully saturated rings. The van der Waals surface area contributed by atoms with Crippen LogP contribution in [-0.4, -0.2) is 21.6 Å². The molecule has 0 radical (unpaired) electrons. The maximum atomic E-state index is 12.0. The first-order valence-corrected chi connectivity index (χ1v) is 10.0. The second-order valence-electron chi connectivity index (χ2n) is 5.45. The Morgan fingerprint density at radius 2 is 1.85 bits per heavy atom. The molecule has 2 rings (SSSR count). The van der Waals surface area contributed by atoms with E-state index in [-0.39, 0.29) is 18.9 Å². The summed E-state index contributed by atoms with van der Waals surface area (Å²) < 4.78 is 32.1. The predicted octanol–water partition coefficient (Wildman–Crippen LogP) is 3.57. The van der Waals surface area contributed by atoms with Crippen LogP contribution in [0.25, 0.3) is 0 Å². The quantitative estimate of drug-likeness (QED) is 0.554. The number of hydrogen-bond acceptors (Lipinski definition) is 3. The molecule has 0 saturated heterocycles. The van der Waals surface area contributed by atoms with Gasteiger partial charge in [0.05, 0.1) is 12.3 Å². The first-order valence-electron chi connectivity index (χ1n) is 7.99. The van der Waals surface area contributed by atoms with E-state index in [9.17, 15) is 8.42 Å². The van der Waals surface area contributed by atoms with Gasteiger partial charge in [0.25, 0.3) is 0 Å². The van der Waals surface area contributed by atoms with E-state index in [1.54, 1.807) is 24.3 Å². The van der Waals surface area contributed by atoms with Crippen LogP contribution in [0.3, 0.4) is 0 Å². The second kappa shape index (κ2) is 10.0. The van der Waals surface area contributed by atoms with Crippen LogP contribution < -0.4 is 9.46 Å². The average molecular weight is 390 g/mol. The van der Waals surface area contributed by atoms with E-state index in [0.29, 0.717) is 17.0 Å². The third kappa shape index (κ3) is 6.93. The van der Waals surface area contributed by atoms with E-state index >= 15 is 0 Å². The highest BCUT2D eigenvalue weighted by atomic mass is 35.5. The minimum atomic E-state index is -3.45. The van der Waals surface area contributed by atoms with Crippen molar-refractivity contribution in [2.75, 3.05) is 13.2 Å². The van der Waals surface area contributed by atoms with Gasteiger partial charge in [-0.2, -0.15) is 0 Å². The van der Waals surface area contributed by atoms with Crippen molar-refractivity contribution < 1.29 is 13.2 Å². The molecular weight excluding hydrogens is 370 g/mol. The van der Waals surface area contributed by atoms with Gasteiger partial charge >= 0.3 is 0 Å². The summed E-state index contributed by atoms with van der Waals surface area (Å²) in [5, 5.41) is 0.569. The van der Waals surface area contributed by atoms with Crippen molar-refractivity contribution in [3.8, 4) is 17.6 Å². The lowest BCUT2D eigenvalue weighted by molar-refractivity contribution is 0.366. The van der Waals surface area contributed by atoms with Crippen LogP contribution in [-0.2, 0) is 22.2 Å². The fourth-order valence-corrected chi connectivity index (χ4v) is 3.34. The van der Waals surface area contributed by atoms with E-state index in [4.69, 9.17) is 16.3 Å². The monoisotopic (exact) mass is 389 g/mol. The molecule has 1 N–H and O–H groups in total. The Morgan fingerprint density at radius 3 is 2.58 bits per heavy atom. The summed E-state index contributed by atoms with van der Waals surface area (Å²) in [5.41, 5.74) is 1.70. The van der Waals surface area contributed by atoms with E-state index in [1.165, 1.54) is 0 Å². The largest absolute Gasteiger partial charge is 0.481 e. The Kier molecular flexibility index (Phi) is 7.73. The summed E-state index contributed by atoms with van der Waals surface area (Å²) in [6, 6.07) is 14.4. The molecule has 0 atom stereocenters. The van der Waals surface area contributed by atoms with Gasteiger partial charge in [-0.25, -0.2) is 13.1 Å². The van der Waals surface area contributed by atoms with Crippen LogP contribution in [0.2, 0.25) is 5.02 Å². The molecule has 0 unspecified atom stereocenters. The van der Waals surface area contributed by atoms with Crippen LogP contribution in [0.4, 0.5) is 0 Å². The van der Waals surface area contributed by atoms with Gasteiger partial charge in [0.15, 0.2) is 0 Å². The predicted molar refractivity (Wildman–Crippen MR) is 106 cm³/mol. The maximum absolute atomic E-state index is 12.0. The first-order chi connectivity index (χ1) is 12.5. The van der Waals surface area contributed by atoms with Crippen molar-refractivity contribution in [2.24, 2.45) is 0 Å². The van der Waals surface area contributed by atoms with Crippen molar-refractivity contribution in [3.63, 3.8) is 0 Å². The summed E-state index contributed by atoms with van der Waals surface area (Å²) in [6.07, 6.45) is 2.53. The van der Waals surface area contributed by atoms with Gasteiger partial charge in [-0.15, -0.1) is 6.58 Å². The minimum Gasteiger partial charge on any atom is -0.481 e. The molecule has 0 aliphatic rings. The number of ether oxygens (including phenoxy) is 1. The molecule has 2 aromatic carbocycles. The summed E-state index contributed by atoms with van der Waals surface area (Å²) in [5.74, 6) is 6.20. The zero-order valence-corrected chi connectivity index (χ0v) is 15.8. The summed E-state index contributed by atoms with van der Waals surface area (Å²) in [6.45, 7) is 3.94. The van der Waals surface area contributed by atoms with Gasteiger partial charge in [0.2, 0.25) is 10.0 Å². The van der Waals surface area contributed by atoms with Crippen LogP contribution in [0.1, 0.15) is 11.1 Å². The Labute approximate surface area is 159 Å². The van der Waals surface area contributed by atoms with Crippen LogP contribution in [0, 0.1) is 11.8 Å². The highest BCUT2D eigenvalue weighted by molar-refractivity contribution is 7.88. The summed E-state index contributed by atoms with van der Waals surface area (Å²) in [7, 11) is -3.45. The van der Waals surface area contributed by atoms with Crippen LogP contribution in [0.5, 0.6) is 5.75 Å². The van der Waals surface area contributed by atoms with Crippen molar-refractivity contribution in [3.05, 3.63) is 77.3 Å². The van der Waals surface area contributed by atoms with Crippen LogP contribution in [0.15, 0.2) is 61.2 Å². The third-order valence-electron chi connectivity index (χ3n) is 3.41. The molecule has 6 heteroatoms. The van der Waals surface area contributed by atoms with E-state index in [2.05, 4.69) is 23.1 Å². The van der Waals surface area contributed by atoms with E-state index in [1.807, 2.05) is 30.3 Å². The summed E-state index contributed by atoms with van der Waals surface area (Å²) in [4.78, 5) is 0. The molecule has 0 spiro atoms. The third-order valence-corrected chi connectivity index (χ3v) is 4.96. The normalized spacial score (nSPS) is 10.7.